The topological polar surface area (TPSA) is 78.4 Å². The van der Waals surface area contributed by atoms with Crippen LogP contribution in [0.15, 0.2) is 16.6 Å². The number of aliphatic carboxylic acids is 1. The number of nitrogens with one attached hydrogen (secondary N) is 2. The Morgan fingerprint density at radius 2 is 2.00 bits per heavy atom. The first-order chi connectivity index (χ1) is 9.85. The number of hydrogen-bond donors (Lipinski definition) is 3. The average molecular weight is 365 g/mol. The van der Waals surface area contributed by atoms with Crippen LogP contribution in [0.25, 0.3) is 0 Å². The maximum atomic E-state index is 13.5. The normalized spacial score (nSPS) is 11.8. The van der Waals surface area contributed by atoms with Gasteiger partial charge in [-0.25, -0.2) is 18.4 Å². The largest absolute Gasteiger partial charge is 0.480 e. The monoisotopic (exact) mass is 364 g/mol. The van der Waals surface area contributed by atoms with Crippen LogP contribution < -0.4 is 10.6 Å². The molecule has 0 spiro atoms. The second kappa shape index (κ2) is 7.92. The molecule has 1 aromatic carbocycles. The molecule has 0 bridgehead atoms. The van der Waals surface area contributed by atoms with Crippen molar-refractivity contribution in [1.29, 1.82) is 0 Å². The number of anilines is 1. The van der Waals surface area contributed by atoms with E-state index in [0.29, 0.717) is 12.5 Å². The first-order valence-corrected chi connectivity index (χ1v) is 7.09. The number of amides is 2. The van der Waals surface area contributed by atoms with Crippen LogP contribution in [0.3, 0.4) is 0 Å². The number of unbranched alkanes of at least 4 members (excludes halogenated alkanes) is 1. The molecule has 1 rings (SSSR count). The van der Waals surface area contributed by atoms with Gasteiger partial charge in [0.1, 0.15) is 17.7 Å². The maximum Gasteiger partial charge on any atom is 0.326 e. The fraction of sp³-hybridized carbons (Fsp3) is 0.385. The van der Waals surface area contributed by atoms with Crippen molar-refractivity contribution in [2.24, 2.45) is 0 Å². The third kappa shape index (κ3) is 5.30. The van der Waals surface area contributed by atoms with Crippen LogP contribution in [-0.4, -0.2) is 23.1 Å². The molecule has 0 aromatic heterocycles. The smallest absolute Gasteiger partial charge is 0.326 e. The van der Waals surface area contributed by atoms with Gasteiger partial charge in [0, 0.05) is 6.07 Å². The maximum absolute atomic E-state index is 13.5. The summed E-state index contributed by atoms with van der Waals surface area (Å²) >= 11 is 2.87. The highest BCUT2D eigenvalue weighted by molar-refractivity contribution is 9.10. The van der Waals surface area contributed by atoms with Crippen LogP contribution in [-0.2, 0) is 4.79 Å². The summed E-state index contributed by atoms with van der Waals surface area (Å²) in [5, 5.41) is 13.4. The Morgan fingerprint density at radius 3 is 2.57 bits per heavy atom. The van der Waals surface area contributed by atoms with E-state index in [4.69, 9.17) is 5.11 Å². The predicted octanol–water partition coefficient (Wildman–Crippen LogP) is 3.49. The number of hydrogen-bond acceptors (Lipinski definition) is 2. The summed E-state index contributed by atoms with van der Waals surface area (Å²) < 4.78 is 26.5. The first kappa shape index (κ1) is 17.4. The number of carbonyl (C=O) groups is 2. The summed E-state index contributed by atoms with van der Waals surface area (Å²) in [5.41, 5.74) is -0.250. The van der Waals surface area contributed by atoms with Crippen molar-refractivity contribution in [2.75, 3.05) is 5.32 Å². The summed E-state index contributed by atoms with van der Waals surface area (Å²) in [6.07, 6.45) is 1.69. The molecule has 0 saturated heterocycles. The Morgan fingerprint density at radius 1 is 1.33 bits per heavy atom. The van der Waals surface area contributed by atoms with Crippen molar-refractivity contribution < 1.29 is 23.5 Å². The first-order valence-electron chi connectivity index (χ1n) is 6.30. The van der Waals surface area contributed by atoms with Crippen molar-refractivity contribution in [1.82, 2.24) is 5.32 Å². The molecule has 0 aliphatic heterocycles. The van der Waals surface area contributed by atoms with Crippen LogP contribution in [0.5, 0.6) is 0 Å². The SMILES string of the molecule is CCCCC(NC(=O)Nc1cc(Br)c(F)cc1F)C(=O)O. The molecule has 8 heteroatoms. The highest BCUT2D eigenvalue weighted by Gasteiger charge is 2.20. The number of carboxylic acid groups (broad SMARTS) is 1. The second-order valence-electron chi connectivity index (χ2n) is 4.38. The second-order valence-corrected chi connectivity index (χ2v) is 5.23. The third-order valence-electron chi connectivity index (χ3n) is 2.71. The van der Waals surface area contributed by atoms with E-state index in [2.05, 4.69) is 26.6 Å². The molecular formula is C13H15BrF2N2O3. The van der Waals surface area contributed by atoms with Gasteiger partial charge in [-0.1, -0.05) is 19.8 Å². The molecule has 0 radical (unpaired) electrons. The molecule has 116 valence electrons. The van der Waals surface area contributed by atoms with Gasteiger partial charge in [0.25, 0.3) is 0 Å². The molecule has 1 unspecified atom stereocenters. The molecule has 2 amide bonds. The Balaban J connectivity index is 2.72. The minimum Gasteiger partial charge on any atom is -0.480 e. The summed E-state index contributed by atoms with van der Waals surface area (Å²) in [7, 11) is 0. The van der Waals surface area contributed by atoms with Gasteiger partial charge in [0.2, 0.25) is 0 Å². The van der Waals surface area contributed by atoms with E-state index in [1.165, 1.54) is 0 Å². The van der Waals surface area contributed by atoms with Crippen molar-refractivity contribution in [3.63, 3.8) is 0 Å². The number of carboxylic acids is 1. The molecule has 0 saturated carbocycles. The summed E-state index contributed by atoms with van der Waals surface area (Å²) in [5.74, 6) is -2.92. The predicted molar refractivity (Wildman–Crippen MR) is 77.2 cm³/mol. The minimum absolute atomic E-state index is 0.0139. The van der Waals surface area contributed by atoms with Gasteiger partial charge < -0.3 is 15.7 Å². The van der Waals surface area contributed by atoms with Gasteiger partial charge >= 0.3 is 12.0 Å². The molecule has 1 atom stereocenters. The van der Waals surface area contributed by atoms with Crippen molar-refractivity contribution >= 4 is 33.6 Å². The molecule has 1 aromatic rings. The zero-order valence-corrected chi connectivity index (χ0v) is 12.8. The van der Waals surface area contributed by atoms with Crippen LogP contribution in [0.4, 0.5) is 19.3 Å². The summed E-state index contributed by atoms with van der Waals surface area (Å²) in [6, 6.07) is -0.245. The number of rotatable bonds is 6. The Bertz CT molecular complexity index is 540. The number of halogens is 3. The third-order valence-corrected chi connectivity index (χ3v) is 3.32. The van der Waals surface area contributed by atoms with E-state index in [9.17, 15) is 18.4 Å². The van der Waals surface area contributed by atoms with Gasteiger partial charge in [-0.05, 0) is 28.4 Å². The van der Waals surface area contributed by atoms with Crippen LogP contribution in [0.1, 0.15) is 26.2 Å². The summed E-state index contributed by atoms with van der Waals surface area (Å²) in [4.78, 5) is 22.7. The van der Waals surface area contributed by atoms with Gasteiger partial charge in [-0.15, -0.1) is 0 Å². The lowest BCUT2D eigenvalue weighted by Gasteiger charge is -2.15. The molecule has 0 fully saturated rings. The standard InChI is InChI=1S/C13H15BrF2N2O3/c1-2-3-4-10(12(19)20)17-13(21)18-11-5-7(14)8(15)6-9(11)16/h5-6,10H,2-4H2,1H3,(H,19,20)(H2,17,18,21). The Labute approximate surface area is 128 Å². The lowest BCUT2D eigenvalue weighted by atomic mass is 10.1. The Kier molecular flexibility index (Phi) is 6.54. The fourth-order valence-corrected chi connectivity index (χ4v) is 1.94. The highest BCUT2D eigenvalue weighted by Crippen LogP contribution is 2.23. The molecular weight excluding hydrogens is 350 g/mol. The van der Waals surface area contributed by atoms with Gasteiger partial charge in [0.15, 0.2) is 0 Å². The lowest BCUT2D eigenvalue weighted by molar-refractivity contribution is -0.139. The van der Waals surface area contributed by atoms with Gasteiger partial charge in [0.05, 0.1) is 10.2 Å². The minimum atomic E-state index is -1.17. The Hall–Kier alpha value is -1.70. The lowest BCUT2D eigenvalue weighted by Crippen LogP contribution is -2.43. The van der Waals surface area contributed by atoms with E-state index in [1.54, 1.807) is 0 Å². The van der Waals surface area contributed by atoms with E-state index in [0.717, 1.165) is 12.5 Å². The van der Waals surface area contributed by atoms with Crippen molar-refractivity contribution in [2.45, 2.75) is 32.2 Å². The van der Waals surface area contributed by atoms with E-state index in [1.807, 2.05) is 6.92 Å². The van der Waals surface area contributed by atoms with E-state index in [-0.39, 0.29) is 16.6 Å². The summed E-state index contributed by atoms with van der Waals surface area (Å²) in [6.45, 7) is 1.89. The highest BCUT2D eigenvalue weighted by atomic mass is 79.9. The molecule has 3 N–H and O–H groups in total. The van der Waals surface area contributed by atoms with Crippen molar-refractivity contribution in [3.05, 3.63) is 28.2 Å². The van der Waals surface area contributed by atoms with Gasteiger partial charge in [-0.2, -0.15) is 0 Å². The molecule has 5 nitrogen and oxygen atoms in total. The van der Waals surface area contributed by atoms with Crippen LogP contribution >= 0.6 is 15.9 Å². The molecule has 21 heavy (non-hydrogen) atoms. The number of benzene rings is 1. The van der Waals surface area contributed by atoms with Gasteiger partial charge in [-0.3, -0.25) is 0 Å². The van der Waals surface area contributed by atoms with Crippen molar-refractivity contribution in [3.8, 4) is 0 Å². The molecule has 0 aliphatic rings. The molecule has 0 aliphatic carbocycles. The van der Waals surface area contributed by atoms with Crippen LogP contribution in [0.2, 0.25) is 0 Å². The van der Waals surface area contributed by atoms with Crippen LogP contribution in [0, 0.1) is 11.6 Å². The van der Waals surface area contributed by atoms with E-state index < -0.39 is 29.7 Å². The number of carbonyl (C=O) groups excluding carboxylic acids is 1. The molecule has 0 heterocycles. The number of urea groups is 1. The quantitative estimate of drug-likeness (QED) is 0.676. The zero-order valence-electron chi connectivity index (χ0n) is 11.3. The zero-order chi connectivity index (χ0) is 16.0. The fourth-order valence-electron chi connectivity index (χ4n) is 1.60. The average Bonchev–Trinajstić information content (AvgIpc) is 2.40. The van der Waals surface area contributed by atoms with E-state index >= 15 is 0 Å².